The summed E-state index contributed by atoms with van der Waals surface area (Å²) in [5.74, 6) is -0.358. The molecule has 0 saturated heterocycles. The summed E-state index contributed by atoms with van der Waals surface area (Å²) < 4.78 is 6.76. The SMILES string of the molecule is CCOC(=O)c1cn2ncc(C=N)c(N3C=CNC3)c2c1C. The van der Waals surface area contributed by atoms with E-state index < -0.39 is 0 Å². The van der Waals surface area contributed by atoms with Gasteiger partial charge >= 0.3 is 5.97 Å². The summed E-state index contributed by atoms with van der Waals surface area (Å²) in [6.07, 6.45) is 8.31. The third-order valence-electron chi connectivity index (χ3n) is 3.63. The molecular formula is C15H17N5O2. The van der Waals surface area contributed by atoms with E-state index in [0.717, 1.165) is 16.8 Å². The van der Waals surface area contributed by atoms with Crippen molar-refractivity contribution in [1.82, 2.24) is 14.9 Å². The molecule has 0 amide bonds. The largest absolute Gasteiger partial charge is 0.462 e. The summed E-state index contributed by atoms with van der Waals surface area (Å²) >= 11 is 0. The summed E-state index contributed by atoms with van der Waals surface area (Å²) in [6, 6.07) is 0. The van der Waals surface area contributed by atoms with Crippen LogP contribution in [-0.2, 0) is 4.74 Å². The van der Waals surface area contributed by atoms with E-state index in [4.69, 9.17) is 10.1 Å². The minimum atomic E-state index is -0.358. The second-order valence-electron chi connectivity index (χ2n) is 4.92. The predicted molar refractivity (Wildman–Crippen MR) is 83.4 cm³/mol. The van der Waals surface area contributed by atoms with Crippen LogP contribution in [0.2, 0.25) is 0 Å². The van der Waals surface area contributed by atoms with Crippen molar-refractivity contribution < 1.29 is 9.53 Å². The molecule has 3 rings (SSSR count). The van der Waals surface area contributed by atoms with Crippen molar-refractivity contribution in [3.05, 3.63) is 41.5 Å². The highest BCUT2D eigenvalue weighted by atomic mass is 16.5. The van der Waals surface area contributed by atoms with E-state index in [9.17, 15) is 4.79 Å². The summed E-state index contributed by atoms with van der Waals surface area (Å²) in [6.45, 7) is 4.59. The lowest BCUT2D eigenvalue weighted by atomic mass is 10.1. The Morgan fingerprint density at radius 3 is 3.05 bits per heavy atom. The molecule has 0 aliphatic carbocycles. The van der Waals surface area contributed by atoms with Gasteiger partial charge in [-0.1, -0.05) is 0 Å². The molecule has 7 nitrogen and oxygen atoms in total. The van der Waals surface area contributed by atoms with Crippen LogP contribution >= 0.6 is 0 Å². The first kappa shape index (κ1) is 14.1. The number of carbonyl (C=O) groups is 1. The number of carbonyl (C=O) groups excluding carboxylic acids is 1. The zero-order chi connectivity index (χ0) is 15.7. The van der Waals surface area contributed by atoms with Crippen molar-refractivity contribution in [3.8, 4) is 0 Å². The maximum Gasteiger partial charge on any atom is 0.340 e. The zero-order valence-corrected chi connectivity index (χ0v) is 12.5. The highest BCUT2D eigenvalue weighted by Crippen LogP contribution is 2.31. The van der Waals surface area contributed by atoms with Crippen molar-refractivity contribution in [2.24, 2.45) is 0 Å². The molecule has 1 aliphatic heterocycles. The van der Waals surface area contributed by atoms with Gasteiger partial charge in [0.2, 0.25) is 0 Å². The highest BCUT2D eigenvalue weighted by Gasteiger charge is 2.22. The molecule has 0 aromatic carbocycles. The van der Waals surface area contributed by atoms with Crippen molar-refractivity contribution in [1.29, 1.82) is 5.41 Å². The van der Waals surface area contributed by atoms with Crippen LogP contribution in [0, 0.1) is 12.3 Å². The average molecular weight is 299 g/mol. The van der Waals surface area contributed by atoms with E-state index in [1.54, 1.807) is 23.8 Å². The summed E-state index contributed by atoms with van der Waals surface area (Å²) in [5, 5.41) is 15.0. The number of hydrogen-bond acceptors (Lipinski definition) is 6. The summed E-state index contributed by atoms with van der Waals surface area (Å²) in [4.78, 5) is 14.1. The minimum absolute atomic E-state index is 0.329. The Hall–Kier alpha value is -2.83. The smallest absolute Gasteiger partial charge is 0.340 e. The van der Waals surface area contributed by atoms with E-state index in [0.29, 0.717) is 24.4 Å². The Balaban J connectivity index is 2.24. The van der Waals surface area contributed by atoms with E-state index in [1.165, 1.54) is 6.21 Å². The van der Waals surface area contributed by atoms with Crippen LogP contribution in [0.1, 0.15) is 28.4 Å². The Morgan fingerprint density at radius 1 is 1.59 bits per heavy atom. The maximum absolute atomic E-state index is 12.1. The maximum atomic E-state index is 12.1. The van der Waals surface area contributed by atoms with Crippen LogP contribution in [-0.4, -0.2) is 35.1 Å². The molecular weight excluding hydrogens is 282 g/mol. The highest BCUT2D eigenvalue weighted by molar-refractivity contribution is 5.99. The molecule has 0 unspecified atom stereocenters. The van der Waals surface area contributed by atoms with E-state index >= 15 is 0 Å². The standard InChI is InChI=1S/C15H17N5O2/c1-3-22-15(21)12-8-20-13(10(12)2)14(11(6-16)7-18-20)19-5-4-17-9-19/h4-8,16-17H,3,9H2,1-2H3. The van der Waals surface area contributed by atoms with Crippen LogP contribution < -0.4 is 10.2 Å². The molecule has 1 aliphatic rings. The second kappa shape index (κ2) is 5.51. The van der Waals surface area contributed by atoms with E-state index in [-0.39, 0.29) is 5.97 Å². The van der Waals surface area contributed by atoms with Gasteiger partial charge in [0.1, 0.15) is 0 Å². The number of nitrogens with zero attached hydrogens (tertiary/aromatic N) is 3. The molecule has 114 valence electrons. The molecule has 0 bridgehead atoms. The van der Waals surface area contributed by atoms with Gasteiger partial charge in [-0.2, -0.15) is 5.10 Å². The van der Waals surface area contributed by atoms with Crippen molar-refractivity contribution in [2.45, 2.75) is 13.8 Å². The molecule has 0 spiro atoms. The quantitative estimate of drug-likeness (QED) is 0.662. The van der Waals surface area contributed by atoms with Crippen molar-refractivity contribution in [3.63, 3.8) is 0 Å². The van der Waals surface area contributed by atoms with Crippen LogP contribution in [0.5, 0.6) is 0 Å². The number of anilines is 1. The molecule has 3 heterocycles. The fourth-order valence-corrected chi connectivity index (χ4v) is 2.60. The number of aryl methyl sites for hydroxylation is 1. The van der Waals surface area contributed by atoms with Crippen molar-refractivity contribution >= 4 is 23.4 Å². The fraction of sp³-hybridized carbons (Fsp3) is 0.267. The van der Waals surface area contributed by atoms with Crippen LogP contribution in [0.4, 0.5) is 5.69 Å². The number of hydrogen-bond donors (Lipinski definition) is 2. The fourth-order valence-electron chi connectivity index (χ4n) is 2.60. The van der Waals surface area contributed by atoms with Gasteiger partial charge in [0, 0.05) is 30.4 Å². The van der Waals surface area contributed by atoms with Gasteiger partial charge in [0.15, 0.2) is 0 Å². The molecule has 0 fully saturated rings. The number of rotatable bonds is 4. The number of fused-ring (bicyclic) bond motifs is 1. The number of ether oxygens (including phenoxy) is 1. The molecule has 22 heavy (non-hydrogen) atoms. The first-order chi connectivity index (χ1) is 10.7. The van der Waals surface area contributed by atoms with Gasteiger partial charge < -0.3 is 20.4 Å². The van der Waals surface area contributed by atoms with Gasteiger partial charge in [-0.05, 0) is 19.4 Å². The van der Waals surface area contributed by atoms with Gasteiger partial charge in [0.05, 0.1) is 36.2 Å². The lowest BCUT2D eigenvalue weighted by Gasteiger charge is -2.19. The topological polar surface area (TPSA) is 82.7 Å². The van der Waals surface area contributed by atoms with Gasteiger partial charge in [-0.15, -0.1) is 0 Å². The van der Waals surface area contributed by atoms with E-state index in [2.05, 4.69) is 10.4 Å². The first-order valence-electron chi connectivity index (χ1n) is 7.02. The molecule has 7 heteroatoms. The van der Waals surface area contributed by atoms with Crippen LogP contribution in [0.3, 0.4) is 0 Å². The summed E-state index contributed by atoms with van der Waals surface area (Å²) in [7, 11) is 0. The molecule has 2 aromatic heterocycles. The summed E-state index contributed by atoms with van der Waals surface area (Å²) in [5.41, 5.74) is 3.63. The molecule has 2 aromatic rings. The molecule has 0 atom stereocenters. The van der Waals surface area contributed by atoms with Crippen molar-refractivity contribution in [2.75, 3.05) is 18.2 Å². The number of esters is 1. The average Bonchev–Trinajstić information content (AvgIpc) is 3.15. The van der Waals surface area contributed by atoms with Crippen LogP contribution in [0.25, 0.3) is 5.52 Å². The third kappa shape index (κ3) is 2.11. The molecule has 0 radical (unpaired) electrons. The number of aromatic nitrogens is 2. The number of nitrogens with one attached hydrogen (secondary N) is 2. The first-order valence-corrected chi connectivity index (χ1v) is 7.02. The monoisotopic (exact) mass is 299 g/mol. The predicted octanol–water partition coefficient (Wildman–Crippen LogP) is 1.66. The molecule has 2 N–H and O–H groups in total. The van der Waals surface area contributed by atoms with Gasteiger partial charge in [-0.25, -0.2) is 9.31 Å². The Morgan fingerprint density at radius 2 is 2.41 bits per heavy atom. The normalized spacial score (nSPS) is 13.5. The Labute approximate surface area is 127 Å². The lowest BCUT2D eigenvalue weighted by molar-refractivity contribution is 0.0525. The van der Waals surface area contributed by atoms with Gasteiger partial charge in [-0.3, -0.25) is 0 Å². The van der Waals surface area contributed by atoms with Crippen LogP contribution in [0.15, 0.2) is 24.8 Å². The molecule has 0 saturated carbocycles. The second-order valence-corrected chi connectivity index (χ2v) is 4.92. The Bertz CT molecular complexity index is 778. The minimum Gasteiger partial charge on any atom is -0.462 e. The Kier molecular flexibility index (Phi) is 3.54. The lowest BCUT2D eigenvalue weighted by Crippen LogP contribution is -2.22. The van der Waals surface area contributed by atoms with E-state index in [1.807, 2.05) is 24.2 Å². The zero-order valence-electron chi connectivity index (χ0n) is 12.5. The third-order valence-corrected chi connectivity index (χ3v) is 3.63. The van der Waals surface area contributed by atoms with Gasteiger partial charge in [0.25, 0.3) is 0 Å².